The smallest absolute Gasteiger partial charge is 0.300 e. The van der Waals surface area contributed by atoms with Crippen LogP contribution in [0.15, 0.2) is 66.2 Å². The molecular weight excluding hydrogens is 482 g/mol. The van der Waals surface area contributed by atoms with Gasteiger partial charge in [-0.15, -0.1) is 0 Å². The standard InChI is InChI=1S/C28H26ClNO6/c1-5-36-18-12-10-17(11-13-18)30-25(19-9-7-6-8-16(19)2)24(27(32)28(30)33)26(31)20-14-23(35-4)21(29)15-22(20)34-3/h6-15,25,31H,5H2,1-4H3/b26-24+. The quantitative estimate of drug-likeness (QED) is 0.251. The fourth-order valence-corrected chi connectivity index (χ4v) is 4.58. The van der Waals surface area contributed by atoms with E-state index in [9.17, 15) is 14.7 Å². The van der Waals surface area contributed by atoms with Gasteiger partial charge in [-0.2, -0.15) is 0 Å². The molecule has 0 bridgehead atoms. The predicted molar refractivity (Wildman–Crippen MR) is 138 cm³/mol. The van der Waals surface area contributed by atoms with Gasteiger partial charge < -0.3 is 19.3 Å². The van der Waals surface area contributed by atoms with Crippen LogP contribution in [0.1, 0.15) is 29.7 Å². The number of carbonyl (C=O) groups excluding carboxylic acids is 2. The van der Waals surface area contributed by atoms with Gasteiger partial charge in [-0.3, -0.25) is 14.5 Å². The second-order valence-electron chi connectivity index (χ2n) is 8.14. The molecule has 0 aromatic heterocycles. The van der Waals surface area contributed by atoms with E-state index in [4.69, 9.17) is 25.8 Å². The summed E-state index contributed by atoms with van der Waals surface area (Å²) in [6, 6.07) is 16.4. The number of nitrogens with zero attached hydrogens (tertiary/aromatic N) is 1. The lowest BCUT2D eigenvalue weighted by molar-refractivity contribution is -0.132. The van der Waals surface area contributed by atoms with Crippen LogP contribution in [0.25, 0.3) is 5.76 Å². The molecule has 0 aliphatic carbocycles. The van der Waals surface area contributed by atoms with Crippen molar-refractivity contribution < 1.29 is 28.9 Å². The van der Waals surface area contributed by atoms with Gasteiger partial charge in [0.1, 0.15) is 23.0 Å². The fraction of sp³-hybridized carbons (Fsp3) is 0.214. The van der Waals surface area contributed by atoms with E-state index in [0.29, 0.717) is 23.6 Å². The minimum Gasteiger partial charge on any atom is -0.507 e. The largest absolute Gasteiger partial charge is 0.507 e. The maximum absolute atomic E-state index is 13.5. The number of Topliss-reactive ketones (excluding diaryl/α,β-unsaturated/α-hetero) is 1. The van der Waals surface area contributed by atoms with E-state index in [1.54, 1.807) is 24.3 Å². The van der Waals surface area contributed by atoms with Gasteiger partial charge in [0, 0.05) is 11.8 Å². The van der Waals surface area contributed by atoms with E-state index in [2.05, 4.69) is 0 Å². The van der Waals surface area contributed by atoms with E-state index < -0.39 is 17.7 Å². The summed E-state index contributed by atoms with van der Waals surface area (Å²) in [5, 5.41) is 11.8. The first-order chi connectivity index (χ1) is 17.3. The Balaban J connectivity index is 1.97. The van der Waals surface area contributed by atoms with Crippen LogP contribution in [0, 0.1) is 6.92 Å². The number of hydrogen-bond donors (Lipinski definition) is 1. The molecule has 186 valence electrons. The number of ketones is 1. The van der Waals surface area contributed by atoms with Gasteiger partial charge in [-0.05, 0) is 55.3 Å². The summed E-state index contributed by atoms with van der Waals surface area (Å²) in [4.78, 5) is 28.3. The van der Waals surface area contributed by atoms with Gasteiger partial charge in [-0.1, -0.05) is 35.9 Å². The molecule has 8 heteroatoms. The van der Waals surface area contributed by atoms with Crippen molar-refractivity contribution >= 4 is 34.7 Å². The van der Waals surface area contributed by atoms with E-state index in [1.165, 1.54) is 31.3 Å². The summed E-state index contributed by atoms with van der Waals surface area (Å²) in [5.74, 6) is -0.800. The molecule has 3 aromatic rings. The van der Waals surface area contributed by atoms with E-state index in [-0.39, 0.29) is 33.4 Å². The van der Waals surface area contributed by atoms with Crippen LogP contribution >= 0.6 is 11.6 Å². The van der Waals surface area contributed by atoms with Crippen molar-refractivity contribution in [2.75, 3.05) is 25.7 Å². The molecule has 1 saturated heterocycles. The maximum atomic E-state index is 13.5. The zero-order chi connectivity index (χ0) is 26.0. The summed E-state index contributed by atoms with van der Waals surface area (Å²) >= 11 is 6.24. The van der Waals surface area contributed by atoms with Gasteiger partial charge >= 0.3 is 0 Å². The van der Waals surface area contributed by atoms with Gasteiger partial charge in [0.2, 0.25) is 0 Å². The number of aryl methyl sites for hydroxylation is 1. The fourth-order valence-electron chi connectivity index (χ4n) is 4.35. The van der Waals surface area contributed by atoms with Gasteiger partial charge in [0.05, 0.1) is 43.0 Å². The minimum atomic E-state index is -0.879. The molecule has 1 aliphatic rings. The molecule has 0 saturated carbocycles. The third-order valence-corrected chi connectivity index (χ3v) is 6.38. The molecule has 0 radical (unpaired) electrons. The van der Waals surface area contributed by atoms with E-state index in [1.807, 2.05) is 38.1 Å². The van der Waals surface area contributed by atoms with Crippen molar-refractivity contribution in [3.63, 3.8) is 0 Å². The maximum Gasteiger partial charge on any atom is 0.300 e. The monoisotopic (exact) mass is 507 g/mol. The molecule has 4 rings (SSSR count). The lowest BCUT2D eigenvalue weighted by Crippen LogP contribution is -2.29. The Morgan fingerprint density at radius 3 is 2.28 bits per heavy atom. The van der Waals surface area contributed by atoms with Crippen LogP contribution in [0.5, 0.6) is 17.2 Å². The van der Waals surface area contributed by atoms with Crippen molar-refractivity contribution in [1.29, 1.82) is 0 Å². The summed E-state index contributed by atoms with van der Waals surface area (Å²) in [6.07, 6.45) is 0. The Kier molecular flexibility index (Phi) is 7.22. The Labute approximate surface area is 214 Å². The predicted octanol–water partition coefficient (Wildman–Crippen LogP) is 5.69. The van der Waals surface area contributed by atoms with Crippen molar-refractivity contribution in [2.24, 2.45) is 0 Å². The van der Waals surface area contributed by atoms with Gasteiger partial charge in [-0.25, -0.2) is 0 Å². The van der Waals surface area contributed by atoms with Crippen LogP contribution in [0.2, 0.25) is 5.02 Å². The van der Waals surface area contributed by atoms with Gasteiger partial charge in [0.25, 0.3) is 11.7 Å². The molecular formula is C28H26ClNO6. The Hall–Kier alpha value is -3.97. The number of benzene rings is 3. The van der Waals surface area contributed by atoms with Crippen LogP contribution in [0.4, 0.5) is 5.69 Å². The number of anilines is 1. The summed E-state index contributed by atoms with van der Waals surface area (Å²) in [6.45, 7) is 4.27. The average Bonchev–Trinajstić information content (AvgIpc) is 3.14. The number of hydrogen-bond acceptors (Lipinski definition) is 6. The van der Waals surface area contributed by atoms with E-state index in [0.717, 1.165) is 5.56 Å². The highest BCUT2D eigenvalue weighted by Gasteiger charge is 2.47. The van der Waals surface area contributed by atoms with Gasteiger partial charge in [0.15, 0.2) is 0 Å². The minimum absolute atomic E-state index is 0.0640. The Bertz CT molecular complexity index is 1350. The molecule has 1 unspecified atom stereocenters. The highest BCUT2D eigenvalue weighted by Crippen LogP contribution is 2.45. The van der Waals surface area contributed by atoms with Crippen LogP contribution in [-0.2, 0) is 9.59 Å². The topological polar surface area (TPSA) is 85.3 Å². The number of rotatable bonds is 7. The number of aliphatic hydroxyl groups is 1. The molecule has 1 N–H and O–H groups in total. The molecule has 36 heavy (non-hydrogen) atoms. The first-order valence-corrected chi connectivity index (χ1v) is 11.7. The molecule has 1 fully saturated rings. The second-order valence-corrected chi connectivity index (χ2v) is 8.55. The van der Waals surface area contributed by atoms with Crippen molar-refractivity contribution in [1.82, 2.24) is 0 Å². The highest BCUT2D eigenvalue weighted by molar-refractivity contribution is 6.51. The van der Waals surface area contributed by atoms with Crippen LogP contribution in [0.3, 0.4) is 0 Å². The molecule has 1 atom stereocenters. The summed E-state index contributed by atoms with van der Waals surface area (Å²) < 4.78 is 16.2. The van der Waals surface area contributed by atoms with E-state index >= 15 is 0 Å². The molecule has 7 nitrogen and oxygen atoms in total. The SMILES string of the molecule is CCOc1ccc(N2C(=O)C(=O)/C(=C(/O)c3cc(OC)c(Cl)cc3OC)C2c2ccccc2C)cc1. The number of amides is 1. The van der Waals surface area contributed by atoms with Crippen LogP contribution < -0.4 is 19.1 Å². The Morgan fingerprint density at radius 1 is 1.00 bits per heavy atom. The first kappa shape index (κ1) is 25.1. The molecule has 1 aliphatic heterocycles. The number of halogens is 1. The number of aliphatic hydroxyl groups excluding tert-OH is 1. The molecule has 1 amide bonds. The number of methoxy groups -OCH3 is 2. The zero-order valence-corrected chi connectivity index (χ0v) is 21.1. The van der Waals surface area contributed by atoms with Crippen molar-refractivity contribution in [3.05, 3.63) is 87.9 Å². The molecule has 1 heterocycles. The lowest BCUT2D eigenvalue weighted by Gasteiger charge is -2.27. The number of carbonyl (C=O) groups is 2. The summed E-state index contributed by atoms with van der Waals surface area (Å²) in [5.41, 5.74) is 2.17. The highest BCUT2D eigenvalue weighted by atomic mass is 35.5. The zero-order valence-electron chi connectivity index (χ0n) is 20.4. The first-order valence-electron chi connectivity index (χ1n) is 11.3. The van der Waals surface area contributed by atoms with Crippen molar-refractivity contribution in [2.45, 2.75) is 19.9 Å². The third-order valence-electron chi connectivity index (χ3n) is 6.08. The Morgan fingerprint density at radius 2 is 1.67 bits per heavy atom. The third kappa shape index (κ3) is 4.38. The van der Waals surface area contributed by atoms with Crippen molar-refractivity contribution in [3.8, 4) is 17.2 Å². The second kappa shape index (κ2) is 10.3. The average molecular weight is 508 g/mol. The number of ether oxygens (including phenoxy) is 3. The molecule has 0 spiro atoms. The van der Waals surface area contributed by atoms with Crippen LogP contribution in [-0.4, -0.2) is 37.6 Å². The lowest BCUT2D eigenvalue weighted by atomic mass is 9.92. The molecule has 3 aromatic carbocycles. The normalized spacial score (nSPS) is 16.8. The summed E-state index contributed by atoms with van der Waals surface area (Å²) in [7, 11) is 2.86.